The van der Waals surface area contributed by atoms with E-state index in [0.717, 1.165) is 4.57 Å². The van der Waals surface area contributed by atoms with Crippen molar-refractivity contribution in [3.8, 4) is 11.4 Å². The van der Waals surface area contributed by atoms with Crippen LogP contribution in [0.4, 0.5) is 13.2 Å². The molecule has 0 radical (unpaired) electrons. The first kappa shape index (κ1) is 15.5. The molecule has 23 heavy (non-hydrogen) atoms. The summed E-state index contributed by atoms with van der Waals surface area (Å²) in [4.78, 5) is 19.4. The van der Waals surface area contributed by atoms with E-state index >= 15 is 0 Å². The highest BCUT2D eigenvalue weighted by Gasteiger charge is 2.29. The number of benzene rings is 1. The lowest BCUT2D eigenvalue weighted by molar-refractivity contribution is -0.105. The van der Waals surface area contributed by atoms with E-state index in [9.17, 15) is 23.1 Å². The Morgan fingerprint density at radius 2 is 1.91 bits per heavy atom. The van der Waals surface area contributed by atoms with Gasteiger partial charge in [-0.2, -0.15) is 13.2 Å². The van der Waals surface area contributed by atoms with E-state index in [1.807, 2.05) is 0 Å². The van der Waals surface area contributed by atoms with Crippen LogP contribution in [0.15, 0.2) is 46.5 Å². The van der Waals surface area contributed by atoms with Crippen LogP contribution in [0.2, 0.25) is 0 Å². The summed E-state index contributed by atoms with van der Waals surface area (Å²) in [5.74, 6) is -1.18. The van der Waals surface area contributed by atoms with Gasteiger partial charge in [-0.15, -0.1) is 0 Å². The van der Waals surface area contributed by atoms with Gasteiger partial charge in [0.05, 0.1) is 16.8 Å². The van der Waals surface area contributed by atoms with Gasteiger partial charge in [0.2, 0.25) is 0 Å². The molecule has 0 bridgehead atoms. The number of hydrogen-bond acceptors (Lipinski definition) is 4. The van der Waals surface area contributed by atoms with Crippen molar-refractivity contribution in [2.45, 2.75) is 11.3 Å². The summed E-state index contributed by atoms with van der Waals surface area (Å²) < 4.78 is 38.6. The summed E-state index contributed by atoms with van der Waals surface area (Å²) in [7, 11) is 0. The number of fused-ring (bicyclic) bond motifs is 1. The van der Waals surface area contributed by atoms with Crippen LogP contribution in [0.1, 0.15) is 0 Å². The Bertz CT molecular complexity index is 900. The Morgan fingerprint density at radius 3 is 2.57 bits per heavy atom. The zero-order valence-electron chi connectivity index (χ0n) is 11.5. The minimum Gasteiger partial charge on any atom is -0.508 e. The number of hydrogen-bond donors (Lipinski definition) is 2. The number of rotatable bonds is 3. The van der Waals surface area contributed by atoms with E-state index in [0.29, 0.717) is 17.4 Å². The van der Waals surface area contributed by atoms with Gasteiger partial charge in [-0.25, -0.2) is 4.98 Å². The van der Waals surface area contributed by atoms with Crippen LogP contribution in [0.5, 0.6) is 5.75 Å². The average molecular weight is 341 g/mol. The molecule has 0 aliphatic heterocycles. The first-order valence-corrected chi connectivity index (χ1v) is 7.43. The van der Waals surface area contributed by atoms with Crippen molar-refractivity contribution in [2.24, 2.45) is 0 Å². The smallest absolute Gasteiger partial charge is 0.398 e. The quantitative estimate of drug-likeness (QED) is 0.567. The fourth-order valence-corrected chi connectivity index (χ4v) is 2.82. The van der Waals surface area contributed by atoms with Crippen LogP contribution < -0.4 is 5.56 Å². The lowest BCUT2D eigenvalue weighted by Gasteiger charge is -2.13. The number of aromatic amines is 1. The van der Waals surface area contributed by atoms with E-state index in [4.69, 9.17) is 0 Å². The van der Waals surface area contributed by atoms with Crippen LogP contribution in [-0.2, 0) is 0 Å². The summed E-state index contributed by atoms with van der Waals surface area (Å²) in [6, 6.07) is 7.09. The molecule has 9 heteroatoms. The number of phenols is 1. The van der Waals surface area contributed by atoms with Gasteiger partial charge in [0.1, 0.15) is 11.4 Å². The van der Waals surface area contributed by atoms with E-state index in [1.54, 1.807) is 0 Å². The molecule has 3 aromatic rings. The van der Waals surface area contributed by atoms with Crippen LogP contribution in [0.25, 0.3) is 16.7 Å². The zero-order chi connectivity index (χ0) is 16.6. The number of thioether (sulfide) groups is 1. The van der Waals surface area contributed by atoms with Gasteiger partial charge >= 0.3 is 6.18 Å². The number of aromatic nitrogens is 3. The van der Waals surface area contributed by atoms with Crippen molar-refractivity contribution in [3.05, 3.63) is 46.9 Å². The Morgan fingerprint density at radius 1 is 1.22 bits per heavy atom. The number of H-pyrrole nitrogens is 1. The first-order chi connectivity index (χ1) is 10.8. The van der Waals surface area contributed by atoms with Crippen LogP contribution >= 0.6 is 11.8 Å². The molecule has 0 saturated carbocycles. The third-order valence-corrected chi connectivity index (χ3v) is 4.03. The molecule has 2 N–H and O–H groups in total. The van der Waals surface area contributed by atoms with Crippen molar-refractivity contribution in [3.63, 3.8) is 0 Å². The number of nitrogens with zero attached hydrogens (tertiary/aromatic N) is 2. The first-order valence-electron chi connectivity index (χ1n) is 6.44. The molecule has 0 aliphatic rings. The Balaban J connectivity index is 2.17. The number of nitrogens with one attached hydrogen (secondary N) is 1. The molecular weight excluding hydrogens is 331 g/mol. The van der Waals surface area contributed by atoms with Crippen molar-refractivity contribution in [1.29, 1.82) is 0 Å². The molecule has 0 atom stereocenters. The number of halogens is 3. The molecule has 0 amide bonds. The van der Waals surface area contributed by atoms with Crippen LogP contribution in [0, 0.1) is 0 Å². The van der Waals surface area contributed by atoms with Gasteiger partial charge in [-0.3, -0.25) is 9.36 Å². The predicted molar refractivity (Wildman–Crippen MR) is 80.1 cm³/mol. The summed E-state index contributed by atoms with van der Waals surface area (Å²) in [5.41, 5.74) is 0.0781. The molecule has 5 nitrogen and oxygen atoms in total. The molecule has 0 fully saturated rings. The highest BCUT2D eigenvalue weighted by atomic mass is 32.2. The van der Waals surface area contributed by atoms with E-state index in [-0.39, 0.29) is 21.9 Å². The second-order valence-electron chi connectivity index (χ2n) is 4.70. The normalized spacial score (nSPS) is 12.0. The summed E-state index contributed by atoms with van der Waals surface area (Å²) >= 11 is 0.430. The Hall–Kier alpha value is -2.42. The fraction of sp³-hybridized carbons (Fsp3) is 0.143. The maximum atomic E-state index is 12.6. The number of alkyl halides is 3. The molecule has 2 aromatic heterocycles. The van der Waals surface area contributed by atoms with Crippen molar-refractivity contribution < 1.29 is 18.3 Å². The molecular formula is C14H10F3N3O2S. The second kappa shape index (κ2) is 5.65. The minimum absolute atomic E-state index is 0.0121. The average Bonchev–Trinajstić information content (AvgIpc) is 2.94. The molecule has 2 heterocycles. The maximum Gasteiger partial charge on any atom is 0.398 e. The lowest BCUT2D eigenvalue weighted by Crippen LogP contribution is -2.22. The van der Waals surface area contributed by atoms with Crippen molar-refractivity contribution >= 4 is 22.8 Å². The van der Waals surface area contributed by atoms with Crippen molar-refractivity contribution in [1.82, 2.24) is 14.5 Å². The fourth-order valence-electron chi connectivity index (χ4n) is 2.05. The SMILES string of the molecule is O=c1c2cc[nH]c2nc(SCC(F)(F)F)n1-c1ccc(O)cc1. The molecule has 0 unspecified atom stereocenters. The van der Waals surface area contributed by atoms with Gasteiger partial charge in [0, 0.05) is 6.20 Å². The molecule has 1 aromatic carbocycles. The summed E-state index contributed by atoms with van der Waals surface area (Å²) in [6.07, 6.45) is -2.88. The Labute approximate surface area is 131 Å². The standard InChI is InChI=1S/C14H10F3N3O2S/c15-14(16,17)7-23-13-19-11-10(5-6-18-11)12(22)20(13)8-1-3-9(21)4-2-8/h1-6,18,21H,7H2. The van der Waals surface area contributed by atoms with Gasteiger partial charge in [0.25, 0.3) is 5.56 Å². The number of phenolic OH excluding ortho intramolecular Hbond substituents is 1. The third-order valence-electron chi connectivity index (χ3n) is 3.03. The third kappa shape index (κ3) is 3.19. The molecule has 120 valence electrons. The molecule has 0 aliphatic carbocycles. The highest BCUT2D eigenvalue weighted by Crippen LogP contribution is 2.28. The summed E-state index contributed by atoms with van der Waals surface area (Å²) in [5, 5.41) is 9.53. The zero-order valence-corrected chi connectivity index (χ0v) is 12.3. The van der Waals surface area contributed by atoms with Crippen LogP contribution in [-0.4, -0.2) is 31.6 Å². The van der Waals surface area contributed by atoms with Crippen LogP contribution in [0.3, 0.4) is 0 Å². The monoisotopic (exact) mass is 341 g/mol. The molecule has 3 rings (SSSR count). The van der Waals surface area contributed by atoms with Gasteiger partial charge < -0.3 is 10.1 Å². The van der Waals surface area contributed by atoms with E-state index in [2.05, 4.69) is 9.97 Å². The topological polar surface area (TPSA) is 70.9 Å². The lowest BCUT2D eigenvalue weighted by atomic mass is 10.3. The van der Waals surface area contributed by atoms with Gasteiger partial charge in [0.15, 0.2) is 5.16 Å². The van der Waals surface area contributed by atoms with Gasteiger partial charge in [-0.05, 0) is 30.3 Å². The van der Waals surface area contributed by atoms with Gasteiger partial charge in [-0.1, -0.05) is 11.8 Å². The van der Waals surface area contributed by atoms with E-state index < -0.39 is 17.5 Å². The number of aromatic hydroxyl groups is 1. The van der Waals surface area contributed by atoms with E-state index in [1.165, 1.54) is 36.5 Å². The summed E-state index contributed by atoms with van der Waals surface area (Å²) in [6.45, 7) is 0. The maximum absolute atomic E-state index is 12.6. The van der Waals surface area contributed by atoms with Crippen molar-refractivity contribution in [2.75, 3.05) is 5.75 Å². The predicted octanol–water partition coefficient (Wildman–Crippen LogP) is 3.07. The largest absolute Gasteiger partial charge is 0.508 e. The molecule has 0 saturated heterocycles. The molecule has 0 spiro atoms. The Kier molecular flexibility index (Phi) is 3.80. The highest BCUT2D eigenvalue weighted by molar-refractivity contribution is 7.99. The second-order valence-corrected chi connectivity index (χ2v) is 5.64. The minimum atomic E-state index is -4.38.